The number of nitrogens with zero attached hydrogens (tertiary/aromatic N) is 1. The molecule has 0 aliphatic carbocycles. The molecule has 1 aliphatic rings. The number of pyridine rings is 1. The fraction of sp³-hybridized carbons (Fsp3) is 0.393. The van der Waals surface area contributed by atoms with E-state index in [1.807, 2.05) is 24.3 Å². The van der Waals surface area contributed by atoms with Crippen LogP contribution in [0.1, 0.15) is 11.3 Å². The van der Waals surface area contributed by atoms with Crippen molar-refractivity contribution >= 4 is 22.4 Å². The van der Waals surface area contributed by atoms with Gasteiger partial charge in [0.1, 0.15) is 13.1 Å². The lowest BCUT2D eigenvalue weighted by molar-refractivity contribution is -0.906. The van der Waals surface area contributed by atoms with Gasteiger partial charge in [-0.1, -0.05) is 5.16 Å². The van der Waals surface area contributed by atoms with Crippen molar-refractivity contribution in [2.45, 2.75) is 0 Å². The SMILES string of the molecule is COc1ccc(/C(=N\OCC(=O)NCC[NH+]2CCOCC2)c2[nH+]ccc3cc(OC)c(OC)cc23)cc1OC.[Cl-].[Cl-]. The zero-order valence-corrected chi connectivity index (χ0v) is 25.1. The Morgan fingerprint density at radius 2 is 1.59 bits per heavy atom. The molecule has 0 bridgehead atoms. The number of H-pyrrole nitrogens is 1. The molecule has 0 radical (unpaired) electrons. The van der Waals surface area contributed by atoms with Crippen molar-refractivity contribution in [3.8, 4) is 23.0 Å². The maximum Gasteiger partial charge on any atom is 0.260 e. The van der Waals surface area contributed by atoms with Crippen LogP contribution in [0.15, 0.2) is 47.8 Å². The van der Waals surface area contributed by atoms with Crippen LogP contribution in [0.5, 0.6) is 23.0 Å². The van der Waals surface area contributed by atoms with Crippen molar-refractivity contribution < 1.29 is 68.0 Å². The molecule has 1 aromatic heterocycles. The molecule has 1 fully saturated rings. The minimum absolute atomic E-state index is 0. The molecule has 0 spiro atoms. The van der Waals surface area contributed by atoms with Gasteiger partial charge in [0.2, 0.25) is 5.69 Å². The third-order valence-corrected chi connectivity index (χ3v) is 6.56. The highest BCUT2D eigenvalue weighted by Crippen LogP contribution is 2.34. The number of nitrogens with one attached hydrogen (secondary N) is 3. The molecule has 1 aliphatic heterocycles. The van der Waals surface area contributed by atoms with Gasteiger partial charge in [0.05, 0.1) is 60.1 Å². The molecule has 0 unspecified atom stereocenters. The van der Waals surface area contributed by atoms with Crippen molar-refractivity contribution in [2.24, 2.45) is 5.16 Å². The Balaban J connectivity index is 0.00000294. The second-order valence-electron chi connectivity index (χ2n) is 8.89. The van der Waals surface area contributed by atoms with Crippen LogP contribution in [0.25, 0.3) is 10.8 Å². The summed E-state index contributed by atoms with van der Waals surface area (Å²) in [6, 6.07) is 11.1. The number of ether oxygens (including phenoxy) is 5. The van der Waals surface area contributed by atoms with Crippen molar-refractivity contribution in [3.05, 3.63) is 53.9 Å². The normalized spacial score (nSPS) is 13.4. The summed E-state index contributed by atoms with van der Waals surface area (Å²) in [6.07, 6.45) is 1.81. The first-order valence-electron chi connectivity index (χ1n) is 12.7. The summed E-state index contributed by atoms with van der Waals surface area (Å²) in [5.41, 5.74) is 1.83. The molecule has 4 rings (SSSR count). The number of aromatic nitrogens is 1. The molecule has 11 nitrogen and oxygen atoms in total. The Hall–Kier alpha value is -3.51. The zero-order valence-electron chi connectivity index (χ0n) is 23.6. The van der Waals surface area contributed by atoms with Crippen LogP contribution in [-0.2, 0) is 14.4 Å². The molecule has 41 heavy (non-hydrogen) atoms. The molecule has 224 valence electrons. The molecular formula is C28H36Cl2N4O7. The number of halogens is 2. The van der Waals surface area contributed by atoms with Crippen LogP contribution >= 0.6 is 0 Å². The van der Waals surface area contributed by atoms with Crippen molar-refractivity contribution in [1.82, 2.24) is 5.32 Å². The molecule has 2 aromatic carbocycles. The topological polar surface area (TPSA) is 115 Å². The van der Waals surface area contributed by atoms with E-state index in [4.69, 9.17) is 28.5 Å². The molecule has 0 atom stereocenters. The molecule has 2 heterocycles. The monoisotopic (exact) mass is 610 g/mol. The molecule has 3 N–H and O–H groups in total. The van der Waals surface area contributed by atoms with Crippen LogP contribution in [0.3, 0.4) is 0 Å². The van der Waals surface area contributed by atoms with Gasteiger partial charge >= 0.3 is 0 Å². The largest absolute Gasteiger partial charge is 1.00 e. The average Bonchev–Trinajstić information content (AvgIpc) is 2.98. The van der Waals surface area contributed by atoms with Gasteiger partial charge in [-0.15, -0.1) is 0 Å². The van der Waals surface area contributed by atoms with E-state index in [2.05, 4.69) is 15.5 Å². The second-order valence-corrected chi connectivity index (χ2v) is 8.89. The van der Waals surface area contributed by atoms with Gasteiger partial charge in [-0.2, -0.15) is 0 Å². The Morgan fingerprint density at radius 1 is 0.927 bits per heavy atom. The lowest BCUT2D eigenvalue weighted by Crippen LogP contribution is -3.14. The van der Waals surface area contributed by atoms with E-state index < -0.39 is 0 Å². The van der Waals surface area contributed by atoms with E-state index >= 15 is 0 Å². The van der Waals surface area contributed by atoms with Gasteiger partial charge in [0, 0.05) is 11.6 Å². The number of hydrogen-bond donors (Lipinski definition) is 2. The van der Waals surface area contributed by atoms with E-state index in [9.17, 15) is 4.79 Å². The highest BCUT2D eigenvalue weighted by molar-refractivity contribution is 6.17. The number of oxime groups is 1. The number of benzene rings is 2. The number of rotatable bonds is 12. The minimum Gasteiger partial charge on any atom is -1.00 e. The first-order valence-corrected chi connectivity index (χ1v) is 12.7. The minimum atomic E-state index is -0.244. The van der Waals surface area contributed by atoms with Gasteiger partial charge in [0.15, 0.2) is 41.5 Å². The van der Waals surface area contributed by atoms with Crippen LogP contribution in [0.4, 0.5) is 0 Å². The second kappa shape index (κ2) is 16.7. The lowest BCUT2D eigenvalue weighted by Gasteiger charge is -2.23. The maximum atomic E-state index is 12.5. The predicted molar refractivity (Wildman–Crippen MR) is 144 cm³/mol. The van der Waals surface area contributed by atoms with Crippen LogP contribution in [0, 0.1) is 0 Å². The average molecular weight is 612 g/mol. The van der Waals surface area contributed by atoms with Crippen LogP contribution in [-0.4, -0.2) is 86.1 Å². The highest BCUT2D eigenvalue weighted by Gasteiger charge is 2.23. The maximum absolute atomic E-state index is 12.5. The summed E-state index contributed by atoms with van der Waals surface area (Å²) in [4.78, 5) is 22.8. The van der Waals surface area contributed by atoms with Crippen LogP contribution < -0.4 is 59.0 Å². The fourth-order valence-corrected chi connectivity index (χ4v) is 4.46. The van der Waals surface area contributed by atoms with Gasteiger partial charge in [-0.3, -0.25) is 4.79 Å². The van der Waals surface area contributed by atoms with E-state index in [0.717, 1.165) is 43.6 Å². The van der Waals surface area contributed by atoms with Gasteiger partial charge in [-0.25, -0.2) is 4.98 Å². The number of methoxy groups -OCH3 is 4. The first-order chi connectivity index (χ1) is 19.1. The van der Waals surface area contributed by atoms with Gasteiger partial charge < -0.3 is 63.6 Å². The zero-order chi connectivity index (χ0) is 27.6. The summed E-state index contributed by atoms with van der Waals surface area (Å²) in [5.74, 6) is 2.05. The van der Waals surface area contributed by atoms with E-state index in [1.165, 1.54) is 4.90 Å². The van der Waals surface area contributed by atoms with Gasteiger partial charge in [0.25, 0.3) is 5.91 Å². The Kier molecular flexibility index (Phi) is 13.7. The number of morpholine rings is 1. The first kappa shape index (κ1) is 33.7. The lowest BCUT2D eigenvalue weighted by atomic mass is 10.0. The number of fused-ring (bicyclic) bond motifs is 1. The van der Waals surface area contributed by atoms with E-state index in [1.54, 1.807) is 46.8 Å². The number of carbonyl (C=O) groups is 1. The Morgan fingerprint density at radius 3 is 2.27 bits per heavy atom. The van der Waals surface area contributed by atoms with Crippen molar-refractivity contribution in [1.29, 1.82) is 0 Å². The van der Waals surface area contributed by atoms with Crippen LogP contribution in [0.2, 0.25) is 0 Å². The predicted octanol–water partition coefficient (Wildman–Crippen LogP) is -5.50. The third-order valence-electron chi connectivity index (χ3n) is 6.56. The highest BCUT2D eigenvalue weighted by atomic mass is 35.5. The quantitative estimate of drug-likeness (QED) is 0.155. The van der Waals surface area contributed by atoms with Crippen molar-refractivity contribution in [2.75, 3.05) is 74.4 Å². The molecule has 1 saturated heterocycles. The molecule has 13 heteroatoms. The standard InChI is InChI=1S/C28H34N4O7.2ClH/c1-34-22-6-5-20(16-23(22)35-2)27(31-39-18-26(33)29-9-10-32-11-13-38-14-12-32)28-21-17-25(37-4)24(36-3)15-19(21)7-8-30-28;;/h5-8,15-17H,9-14,18H2,1-4H3,(H,29,33);2*1H/b31-27+;;. The summed E-state index contributed by atoms with van der Waals surface area (Å²) in [5, 5.41) is 9.05. The summed E-state index contributed by atoms with van der Waals surface area (Å²) in [7, 11) is 6.32. The summed E-state index contributed by atoms with van der Waals surface area (Å²) in [6.45, 7) is 4.58. The molecular weight excluding hydrogens is 575 g/mol. The third kappa shape index (κ3) is 8.49. The van der Waals surface area contributed by atoms with E-state index in [0.29, 0.717) is 46.5 Å². The summed E-state index contributed by atoms with van der Waals surface area (Å²) >= 11 is 0. The summed E-state index contributed by atoms with van der Waals surface area (Å²) < 4.78 is 27.3. The number of amides is 1. The Bertz CT molecular complexity index is 1320. The molecule has 3 aromatic rings. The number of carbonyl (C=O) groups excluding carboxylic acids is 1. The van der Waals surface area contributed by atoms with E-state index in [-0.39, 0.29) is 37.3 Å². The number of hydrogen-bond acceptors (Lipinski definition) is 8. The smallest absolute Gasteiger partial charge is 0.260 e. The molecule has 1 amide bonds. The number of aromatic amines is 1. The van der Waals surface area contributed by atoms with Crippen molar-refractivity contribution in [3.63, 3.8) is 0 Å². The van der Waals surface area contributed by atoms with Gasteiger partial charge in [-0.05, 0) is 35.7 Å². The fourth-order valence-electron chi connectivity index (χ4n) is 4.46. The molecule has 0 saturated carbocycles. The number of quaternary nitrogens is 1. The Labute approximate surface area is 251 Å².